The van der Waals surface area contributed by atoms with Crippen LogP contribution in [0, 0.1) is 34.7 Å². The van der Waals surface area contributed by atoms with Gasteiger partial charge >= 0.3 is 0 Å². The van der Waals surface area contributed by atoms with Gasteiger partial charge in [-0.05, 0) is 66.1 Å². The largest absolute Gasteiger partial charge is 0.355 e. The molecule has 1 aromatic heterocycles. The second kappa shape index (κ2) is 7.63. The van der Waals surface area contributed by atoms with E-state index in [4.69, 9.17) is 5.26 Å². The van der Waals surface area contributed by atoms with Gasteiger partial charge in [-0.25, -0.2) is 13.2 Å². The van der Waals surface area contributed by atoms with Crippen LogP contribution in [0.4, 0.5) is 13.2 Å². The van der Waals surface area contributed by atoms with Crippen molar-refractivity contribution in [1.29, 1.82) is 5.26 Å². The molecule has 0 atom stereocenters. The molecule has 1 amide bonds. The van der Waals surface area contributed by atoms with Gasteiger partial charge in [-0.15, -0.1) is 0 Å². The van der Waals surface area contributed by atoms with Gasteiger partial charge in [0, 0.05) is 18.0 Å². The molecule has 7 heteroatoms. The number of nitriles is 1. The van der Waals surface area contributed by atoms with Gasteiger partial charge in [-0.1, -0.05) is 0 Å². The third-order valence-electron chi connectivity index (χ3n) is 5.47. The van der Waals surface area contributed by atoms with Crippen molar-refractivity contribution < 1.29 is 18.0 Å². The molecule has 0 unspecified atom stereocenters. The molecule has 0 radical (unpaired) electrons. The number of hydrogen-bond donors (Lipinski definition) is 2. The first-order valence-corrected chi connectivity index (χ1v) is 9.36. The lowest BCUT2D eigenvalue weighted by atomic mass is 9.70. The van der Waals surface area contributed by atoms with E-state index < -0.39 is 11.6 Å². The Morgan fingerprint density at radius 3 is 2.55 bits per heavy atom. The average molecular weight is 397 g/mol. The van der Waals surface area contributed by atoms with Crippen LogP contribution in [-0.2, 0) is 4.79 Å². The number of aromatic amines is 1. The van der Waals surface area contributed by atoms with Gasteiger partial charge in [-0.3, -0.25) is 4.79 Å². The number of hydrogen-bond acceptors (Lipinski definition) is 2. The number of amides is 1. The van der Waals surface area contributed by atoms with Crippen LogP contribution in [0.25, 0.3) is 22.2 Å². The first-order chi connectivity index (χ1) is 14.0. The maximum absolute atomic E-state index is 14.4. The molecule has 0 spiro atoms. The predicted octanol–water partition coefficient (Wildman–Crippen LogP) is 4.78. The lowest BCUT2D eigenvalue weighted by molar-refractivity contribution is -0.120. The van der Waals surface area contributed by atoms with Crippen LogP contribution in [0.3, 0.4) is 0 Å². The lowest BCUT2D eigenvalue weighted by Gasteiger charge is -2.36. The Labute approximate surface area is 165 Å². The summed E-state index contributed by atoms with van der Waals surface area (Å²) in [5.41, 5.74) is 2.39. The summed E-state index contributed by atoms with van der Waals surface area (Å²) in [7, 11) is 0. The Morgan fingerprint density at radius 2 is 1.86 bits per heavy atom. The number of halogens is 3. The molecule has 1 aliphatic rings. The molecule has 2 aromatic carbocycles. The van der Waals surface area contributed by atoms with E-state index in [1.165, 1.54) is 18.2 Å². The van der Waals surface area contributed by atoms with E-state index in [9.17, 15) is 18.0 Å². The Hall–Kier alpha value is -3.27. The summed E-state index contributed by atoms with van der Waals surface area (Å²) in [5, 5.41) is 11.8. The minimum absolute atomic E-state index is 0.0582. The highest BCUT2D eigenvalue weighted by Gasteiger charge is 2.34. The minimum Gasteiger partial charge on any atom is -0.355 e. The number of nitrogens with zero attached hydrogens (tertiary/aromatic N) is 1. The summed E-state index contributed by atoms with van der Waals surface area (Å²) >= 11 is 0. The van der Waals surface area contributed by atoms with Crippen molar-refractivity contribution in [2.45, 2.75) is 25.2 Å². The first-order valence-electron chi connectivity index (χ1n) is 9.36. The number of fused-ring (bicyclic) bond motifs is 1. The molecular formula is C22H18F3N3O. The van der Waals surface area contributed by atoms with Crippen molar-refractivity contribution in [2.24, 2.45) is 5.92 Å². The van der Waals surface area contributed by atoms with Gasteiger partial charge in [0.2, 0.25) is 5.91 Å². The summed E-state index contributed by atoms with van der Waals surface area (Å²) in [6.45, 7) is 0.466. The second-order valence-electron chi connectivity index (χ2n) is 7.40. The number of H-pyrrole nitrogens is 1. The van der Waals surface area contributed by atoms with E-state index >= 15 is 0 Å². The van der Waals surface area contributed by atoms with Crippen LogP contribution < -0.4 is 5.32 Å². The quantitative estimate of drug-likeness (QED) is 0.651. The van der Waals surface area contributed by atoms with Gasteiger partial charge in [0.25, 0.3) is 0 Å². The van der Waals surface area contributed by atoms with Gasteiger partial charge < -0.3 is 10.3 Å². The standard InChI is InChI=1S/C22H18F3N3O/c23-15-3-1-13(2-4-15)21-20(17-9-16(24)10-18(25)22(17)28-21)14-7-12(8-14)11-27-19(29)5-6-26/h1-4,9-10,12,14,28H,5,7-8,11H2,(H,27,29). The molecule has 1 fully saturated rings. The van der Waals surface area contributed by atoms with Gasteiger partial charge in [-0.2, -0.15) is 5.26 Å². The van der Waals surface area contributed by atoms with Crippen molar-refractivity contribution in [3.8, 4) is 17.3 Å². The van der Waals surface area contributed by atoms with E-state index in [2.05, 4.69) is 10.3 Å². The van der Waals surface area contributed by atoms with Crippen LogP contribution in [-0.4, -0.2) is 17.4 Å². The monoisotopic (exact) mass is 397 g/mol. The molecule has 0 saturated heterocycles. The number of aromatic nitrogens is 1. The predicted molar refractivity (Wildman–Crippen MR) is 102 cm³/mol. The molecule has 2 N–H and O–H groups in total. The molecule has 4 rings (SSSR count). The molecule has 29 heavy (non-hydrogen) atoms. The van der Waals surface area contributed by atoms with Crippen molar-refractivity contribution in [2.75, 3.05) is 6.54 Å². The fourth-order valence-electron chi connectivity index (χ4n) is 4.04. The molecule has 0 bridgehead atoms. The summed E-state index contributed by atoms with van der Waals surface area (Å²) in [4.78, 5) is 14.5. The third-order valence-corrected chi connectivity index (χ3v) is 5.47. The van der Waals surface area contributed by atoms with E-state index in [0.717, 1.165) is 24.5 Å². The molecule has 0 aliphatic heterocycles. The van der Waals surface area contributed by atoms with E-state index in [-0.39, 0.29) is 35.5 Å². The summed E-state index contributed by atoms with van der Waals surface area (Å²) in [6, 6.07) is 9.84. The molecule has 4 nitrogen and oxygen atoms in total. The van der Waals surface area contributed by atoms with E-state index in [1.807, 2.05) is 0 Å². The van der Waals surface area contributed by atoms with Crippen LogP contribution >= 0.6 is 0 Å². The highest BCUT2D eigenvalue weighted by Crippen LogP contribution is 2.48. The molecule has 1 saturated carbocycles. The Bertz CT molecular complexity index is 1110. The Kier molecular flexibility index (Phi) is 5.01. The van der Waals surface area contributed by atoms with Crippen molar-refractivity contribution in [3.05, 3.63) is 59.4 Å². The number of nitrogens with one attached hydrogen (secondary N) is 2. The zero-order valence-electron chi connectivity index (χ0n) is 15.4. The summed E-state index contributed by atoms with van der Waals surface area (Å²) in [5.74, 6) is -1.72. The number of rotatable bonds is 5. The number of carbonyl (C=O) groups is 1. The molecule has 3 aromatic rings. The Balaban J connectivity index is 1.65. The van der Waals surface area contributed by atoms with Gasteiger partial charge in [0.1, 0.15) is 23.9 Å². The molecule has 148 valence electrons. The Morgan fingerprint density at radius 1 is 1.14 bits per heavy atom. The minimum atomic E-state index is -0.672. The zero-order chi connectivity index (χ0) is 20.5. The first kappa shape index (κ1) is 19.1. The lowest BCUT2D eigenvalue weighted by Crippen LogP contribution is -2.35. The molecule has 1 aliphatic carbocycles. The summed E-state index contributed by atoms with van der Waals surface area (Å²) < 4.78 is 41.6. The van der Waals surface area contributed by atoms with Gasteiger partial charge in [0.05, 0.1) is 17.3 Å². The zero-order valence-corrected chi connectivity index (χ0v) is 15.4. The molecule has 1 heterocycles. The van der Waals surface area contributed by atoms with Crippen molar-refractivity contribution in [3.63, 3.8) is 0 Å². The van der Waals surface area contributed by atoms with E-state index in [0.29, 0.717) is 23.2 Å². The SMILES string of the molecule is N#CCC(=O)NCC1CC(c2c(-c3ccc(F)cc3)[nH]c3c(F)cc(F)cc23)C1. The van der Waals surface area contributed by atoms with Crippen molar-refractivity contribution in [1.82, 2.24) is 10.3 Å². The second-order valence-corrected chi connectivity index (χ2v) is 7.40. The van der Waals surface area contributed by atoms with Crippen LogP contribution in [0.15, 0.2) is 36.4 Å². The fourth-order valence-corrected chi connectivity index (χ4v) is 4.04. The van der Waals surface area contributed by atoms with Crippen LogP contribution in [0.1, 0.15) is 30.7 Å². The van der Waals surface area contributed by atoms with Gasteiger partial charge in [0.15, 0.2) is 0 Å². The van der Waals surface area contributed by atoms with Crippen LogP contribution in [0.2, 0.25) is 0 Å². The van der Waals surface area contributed by atoms with E-state index in [1.54, 1.807) is 18.2 Å². The summed E-state index contributed by atoms with van der Waals surface area (Å²) in [6.07, 6.45) is 1.31. The number of carbonyl (C=O) groups excluding carboxylic acids is 1. The smallest absolute Gasteiger partial charge is 0.234 e. The van der Waals surface area contributed by atoms with Crippen molar-refractivity contribution >= 4 is 16.8 Å². The average Bonchev–Trinajstić information content (AvgIpc) is 3.01. The normalized spacial score (nSPS) is 18.3. The highest BCUT2D eigenvalue weighted by molar-refractivity contribution is 5.92. The van der Waals surface area contributed by atoms with Crippen LogP contribution in [0.5, 0.6) is 0 Å². The maximum Gasteiger partial charge on any atom is 0.234 e. The number of benzene rings is 2. The topological polar surface area (TPSA) is 68.7 Å². The third kappa shape index (κ3) is 3.70. The molecular weight excluding hydrogens is 379 g/mol. The maximum atomic E-state index is 14.4. The highest BCUT2D eigenvalue weighted by atomic mass is 19.1. The fraction of sp³-hybridized carbons (Fsp3) is 0.273.